The lowest BCUT2D eigenvalue weighted by molar-refractivity contribution is 0.0954. The van der Waals surface area contributed by atoms with Gasteiger partial charge >= 0.3 is 0 Å². The van der Waals surface area contributed by atoms with Crippen LogP contribution in [-0.2, 0) is 10.0 Å². The number of primary sulfonamides is 1. The standard InChI is InChI=1S/C10H13ClN2O3S/c11-9-5-2-1-4-8(9)10(14)13-6-3-7-17(12,15)16/h1-2,4-5H,3,6-7H2,(H,13,14)(H2,12,15,16). The van der Waals surface area contributed by atoms with Crippen molar-refractivity contribution in [3.63, 3.8) is 0 Å². The number of carbonyl (C=O) groups excluding carboxylic acids is 1. The summed E-state index contributed by atoms with van der Waals surface area (Å²) in [5, 5.41) is 7.75. The Balaban J connectivity index is 2.44. The number of hydrogen-bond donors (Lipinski definition) is 2. The van der Waals surface area contributed by atoms with Crippen LogP contribution in [0.2, 0.25) is 5.02 Å². The number of carbonyl (C=O) groups is 1. The first-order chi connectivity index (χ1) is 7.90. The van der Waals surface area contributed by atoms with E-state index in [-0.39, 0.29) is 24.6 Å². The minimum atomic E-state index is -3.47. The summed E-state index contributed by atoms with van der Waals surface area (Å²) in [5.41, 5.74) is 0.366. The summed E-state index contributed by atoms with van der Waals surface area (Å²) in [4.78, 5) is 11.6. The van der Waals surface area contributed by atoms with Crippen LogP contribution in [0, 0.1) is 0 Å². The van der Waals surface area contributed by atoms with Crippen LogP contribution in [-0.4, -0.2) is 26.6 Å². The van der Waals surface area contributed by atoms with E-state index in [1.165, 1.54) is 0 Å². The Bertz CT molecular complexity index is 502. The molecule has 1 rings (SSSR count). The smallest absolute Gasteiger partial charge is 0.252 e. The average molecular weight is 277 g/mol. The molecule has 0 atom stereocenters. The molecule has 0 saturated heterocycles. The molecule has 0 spiro atoms. The van der Waals surface area contributed by atoms with Crippen LogP contribution in [0.4, 0.5) is 0 Å². The molecule has 0 unspecified atom stereocenters. The van der Waals surface area contributed by atoms with E-state index in [1.807, 2.05) is 0 Å². The van der Waals surface area contributed by atoms with E-state index >= 15 is 0 Å². The van der Waals surface area contributed by atoms with Crippen molar-refractivity contribution in [3.8, 4) is 0 Å². The normalized spacial score (nSPS) is 11.2. The fourth-order valence-electron chi connectivity index (χ4n) is 1.22. The summed E-state index contributed by atoms with van der Waals surface area (Å²) in [6, 6.07) is 6.63. The van der Waals surface area contributed by atoms with Crippen LogP contribution >= 0.6 is 11.6 Å². The molecule has 0 radical (unpaired) electrons. The molecule has 0 saturated carbocycles. The predicted molar refractivity (Wildman–Crippen MR) is 66.4 cm³/mol. The molecule has 5 nitrogen and oxygen atoms in total. The van der Waals surface area contributed by atoms with Crippen LogP contribution in [0.25, 0.3) is 0 Å². The summed E-state index contributed by atoms with van der Waals surface area (Å²) in [6.45, 7) is 0.237. The van der Waals surface area contributed by atoms with Crippen LogP contribution in [0.15, 0.2) is 24.3 Å². The maximum absolute atomic E-state index is 11.6. The van der Waals surface area contributed by atoms with E-state index in [1.54, 1.807) is 24.3 Å². The second-order valence-corrected chi connectivity index (χ2v) is 5.60. The van der Waals surface area contributed by atoms with E-state index in [2.05, 4.69) is 5.32 Å². The first kappa shape index (κ1) is 14.0. The van der Waals surface area contributed by atoms with Crippen LogP contribution in [0.5, 0.6) is 0 Å². The summed E-state index contributed by atoms with van der Waals surface area (Å²) in [5.74, 6) is -0.486. The quantitative estimate of drug-likeness (QED) is 0.778. The lowest BCUT2D eigenvalue weighted by atomic mass is 10.2. The van der Waals surface area contributed by atoms with Crippen molar-refractivity contribution >= 4 is 27.5 Å². The first-order valence-electron chi connectivity index (χ1n) is 4.93. The average Bonchev–Trinajstić information content (AvgIpc) is 2.23. The highest BCUT2D eigenvalue weighted by Crippen LogP contribution is 2.14. The molecular formula is C10H13ClN2O3S. The third kappa shape index (κ3) is 5.16. The first-order valence-corrected chi connectivity index (χ1v) is 7.03. The molecule has 7 heteroatoms. The fraction of sp³-hybridized carbons (Fsp3) is 0.300. The van der Waals surface area contributed by atoms with Gasteiger partial charge in [-0.2, -0.15) is 0 Å². The Kier molecular flexibility index (Phi) is 4.92. The molecule has 1 amide bonds. The number of halogens is 1. The molecule has 0 fully saturated rings. The van der Waals surface area contributed by atoms with Crippen molar-refractivity contribution in [2.75, 3.05) is 12.3 Å². The molecule has 0 aliphatic rings. The van der Waals surface area contributed by atoms with Gasteiger partial charge in [0.15, 0.2) is 0 Å². The van der Waals surface area contributed by atoms with Gasteiger partial charge in [0.25, 0.3) is 5.91 Å². The maximum Gasteiger partial charge on any atom is 0.252 e. The fourth-order valence-corrected chi connectivity index (χ4v) is 1.98. The van der Waals surface area contributed by atoms with E-state index < -0.39 is 10.0 Å². The Labute approximate surface area is 105 Å². The second kappa shape index (κ2) is 6.00. The molecule has 1 aromatic rings. The number of nitrogens with one attached hydrogen (secondary N) is 1. The van der Waals surface area contributed by atoms with Crippen molar-refractivity contribution in [3.05, 3.63) is 34.9 Å². The van der Waals surface area contributed by atoms with Crippen molar-refractivity contribution in [2.45, 2.75) is 6.42 Å². The van der Waals surface area contributed by atoms with E-state index in [4.69, 9.17) is 16.7 Å². The third-order valence-electron chi connectivity index (χ3n) is 2.01. The van der Waals surface area contributed by atoms with Gasteiger partial charge in [-0.1, -0.05) is 23.7 Å². The lowest BCUT2D eigenvalue weighted by Crippen LogP contribution is -2.27. The number of sulfonamides is 1. The molecule has 0 heterocycles. The SMILES string of the molecule is NS(=O)(=O)CCCNC(=O)c1ccccc1Cl. The zero-order chi connectivity index (χ0) is 12.9. The van der Waals surface area contributed by atoms with Gasteiger partial charge in [-0.25, -0.2) is 13.6 Å². The van der Waals surface area contributed by atoms with Crippen LogP contribution < -0.4 is 10.5 Å². The minimum Gasteiger partial charge on any atom is -0.352 e. The largest absolute Gasteiger partial charge is 0.352 e. The summed E-state index contributed by atoms with van der Waals surface area (Å²) < 4.78 is 21.3. The van der Waals surface area contributed by atoms with Gasteiger partial charge in [0, 0.05) is 6.54 Å². The van der Waals surface area contributed by atoms with Gasteiger partial charge < -0.3 is 5.32 Å². The second-order valence-electron chi connectivity index (χ2n) is 3.46. The lowest BCUT2D eigenvalue weighted by Gasteiger charge is -2.05. The highest BCUT2D eigenvalue weighted by molar-refractivity contribution is 7.89. The molecule has 17 heavy (non-hydrogen) atoms. The van der Waals surface area contributed by atoms with E-state index in [9.17, 15) is 13.2 Å². The van der Waals surface area contributed by atoms with Crippen LogP contribution in [0.3, 0.4) is 0 Å². The highest BCUT2D eigenvalue weighted by Gasteiger charge is 2.09. The monoisotopic (exact) mass is 276 g/mol. The number of amides is 1. The Hall–Kier alpha value is -1.11. The van der Waals surface area contributed by atoms with E-state index in [0.717, 1.165) is 0 Å². The molecule has 3 N–H and O–H groups in total. The van der Waals surface area contributed by atoms with Gasteiger partial charge in [-0.3, -0.25) is 4.79 Å². The van der Waals surface area contributed by atoms with Crippen LogP contribution in [0.1, 0.15) is 16.8 Å². The Morgan fingerprint density at radius 3 is 2.59 bits per heavy atom. The molecule has 0 aliphatic heterocycles. The Morgan fingerprint density at radius 2 is 2.00 bits per heavy atom. The molecule has 0 aromatic heterocycles. The van der Waals surface area contributed by atoms with Crippen molar-refractivity contribution in [1.29, 1.82) is 0 Å². The molecule has 94 valence electrons. The minimum absolute atomic E-state index is 0.157. The highest BCUT2D eigenvalue weighted by atomic mass is 35.5. The molecule has 0 aliphatic carbocycles. The third-order valence-corrected chi connectivity index (χ3v) is 3.20. The molecule has 1 aromatic carbocycles. The van der Waals surface area contributed by atoms with Gasteiger partial charge in [0.1, 0.15) is 0 Å². The summed E-state index contributed by atoms with van der Waals surface area (Å²) in [7, 11) is -3.47. The zero-order valence-corrected chi connectivity index (χ0v) is 10.6. The summed E-state index contributed by atoms with van der Waals surface area (Å²) in [6.07, 6.45) is 0.273. The van der Waals surface area contributed by atoms with Crippen molar-refractivity contribution in [1.82, 2.24) is 5.32 Å². The molecule has 0 bridgehead atoms. The van der Waals surface area contributed by atoms with Gasteiger partial charge in [0.05, 0.1) is 16.3 Å². The molecular weight excluding hydrogens is 264 g/mol. The Morgan fingerprint density at radius 1 is 1.35 bits per heavy atom. The predicted octanol–water partition coefficient (Wildman–Crippen LogP) is 0.748. The van der Waals surface area contributed by atoms with Crippen molar-refractivity contribution in [2.24, 2.45) is 5.14 Å². The summed E-state index contributed by atoms with van der Waals surface area (Å²) >= 11 is 5.83. The van der Waals surface area contributed by atoms with Gasteiger partial charge in [-0.15, -0.1) is 0 Å². The van der Waals surface area contributed by atoms with Gasteiger partial charge in [0.2, 0.25) is 10.0 Å². The number of benzene rings is 1. The zero-order valence-electron chi connectivity index (χ0n) is 9.02. The number of hydrogen-bond acceptors (Lipinski definition) is 3. The van der Waals surface area contributed by atoms with Crippen molar-refractivity contribution < 1.29 is 13.2 Å². The van der Waals surface area contributed by atoms with Gasteiger partial charge in [-0.05, 0) is 18.6 Å². The maximum atomic E-state index is 11.6. The number of rotatable bonds is 5. The van der Waals surface area contributed by atoms with E-state index in [0.29, 0.717) is 10.6 Å². The number of nitrogens with two attached hydrogens (primary N) is 1. The topological polar surface area (TPSA) is 89.3 Å².